The Morgan fingerprint density at radius 2 is 2.12 bits per heavy atom. The second kappa shape index (κ2) is 8.33. The van der Waals surface area contributed by atoms with E-state index in [0.29, 0.717) is 29.4 Å². The molecule has 5 heteroatoms. The van der Waals surface area contributed by atoms with Gasteiger partial charge in [-0.1, -0.05) is 31.4 Å². The molecular formula is C19H19N3O2. The summed E-state index contributed by atoms with van der Waals surface area (Å²) in [5.74, 6) is 1.41. The third kappa shape index (κ3) is 4.84. The van der Waals surface area contributed by atoms with E-state index < -0.39 is 0 Å². The van der Waals surface area contributed by atoms with Crippen LogP contribution in [0.2, 0.25) is 0 Å². The van der Waals surface area contributed by atoms with Crippen LogP contribution in [0.4, 0.5) is 5.82 Å². The van der Waals surface area contributed by atoms with E-state index in [4.69, 9.17) is 10.5 Å². The summed E-state index contributed by atoms with van der Waals surface area (Å²) in [4.78, 5) is 16.0. The Kier molecular flexibility index (Phi) is 5.91. The molecule has 0 atom stereocenters. The first kappa shape index (κ1) is 17.0. The Morgan fingerprint density at radius 1 is 1.29 bits per heavy atom. The number of hydrogen-bond donors (Lipinski definition) is 2. The molecule has 3 N–H and O–H groups in total. The van der Waals surface area contributed by atoms with Gasteiger partial charge in [0.05, 0.1) is 5.56 Å². The van der Waals surface area contributed by atoms with Gasteiger partial charge >= 0.3 is 0 Å². The van der Waals surface area contributed by atoms with Crippen molar-refractivity contribution >= 4 is 11.7 Å². The Bertz CT molecular complexity index is 764. The number of allylic oxidation sites excluding steroid dienone is 3. The smallest absolute Gasteiger partial charge is 0.253 e. The molecule has 122 valence electrons. The van der Waals surface area contributed by atoms with Crippen molar-refractivity contribution in [2.75, 3.05) is 5.73 Å². The lowest BCUT2D eigenvalue weighted by atomic mass is 10.2. The molecule has 0 bridgehead atoms. The predicted molar refractivity (Wildman–Crippen MR) is 95.4 cm³/mol. The minimum atomic E-state index is -0.216. The average molecular weight is 321 g/mol. The number of pyridine rings is 1. The van der Waals surface area contributed by atoms with E-state index in [-0.39, 0.29) is 5.91 Å². The third-order valence-electron chi connectivity index (χ3n) is 3.12. The van der Waals surface area contributed by atoms with Gasteiger partial charge in [-0.25, -0.2) is 4.98 Å². The molecule has 0 aliphatic rings. The fourth-order valence-corrected chi connectivity index (χ4v) is 1.94. The molecule has 24 heavy (non-hydrogen) atoms. The molecule has 1 aromatic heterocycles. The van der Waals surface area contributed by atoms with Crippen LogP contribution in [0.5, 0.6) is 5.75 Å². The van der Waals surface area contributed by atoms with Crippen molar-refractivity contribution in [1.29, 1.82) is 0 Å². The number of nitrogens with one attached hydrogen (secondary N) is 1. The summed E-state index contributed by atoms with van der Waals surface area (Å²) in [6.07, 6.45) is 6.39. The molecule has 0 aliphatic heterocycles. The normalized spacial score (nSPS) is 10.8. The number of carbonyl (C=O) groups is 1. The third-order valence-corrected chi connectivity index (χ3v) is 3.12. The lowest BCUT2D eigenvalue weighted by Gasteiger charge is -2.09. The number of rotatable bonds is 7. The fraction of sp³-hybridized carbons (Fsp3) is 0.0526. The molecule has 0 unspecified atom stereocenters. The van der Waals surface area contributed by atoms with Crippen LogP contribution in [0, 0.1) is 0 Å². The molecule has 2 rings (SSSR count). The van der Waals surface area contributed by atoms with Crippen LogP contribution in [0.25, 0.3) is 0 Å². The van der Waals surface area contributed by atoms with Crippen molar-refractivity contribution in [3.8, 4) is 5.75 Å². The van der Waals surface area contributed by atoms with Gasteiger partial charge in [0.25, 0.3) is 5.91 Å². The van der Waals surface area contributed by atoms with Gasteiger partial charge in [-0.2, -0.15) is 0 Å². The Labute approximate surface area is 141 Å². The van der Waals surface area contributed by atoms with Gasteiger partial charge in [0, 0.05) is 12.7 Å². The second-order valence-electron chi connectivity index (χ2n) is 4.91. The second-order valence-corrected chi connectivity index (χ2v) is 4.91. The summed E-state index contributed by atoms with van der Waals surface area (Å²) >= 11 is 0. The maximum Gasteiger partial charge on any atom is 0.253 e. The van der Waals surface area contributed by atoms with E-state index in [9.17, 15) is 4.79 Å². The van der Waals surface area contributed by atoms with Gasteiger partial charge in [0.15, 0.2) is 0 Å². The maximum absolute atomic E-state index is 12.1. The topological polar surface area (TPSA) is 77.2 Å². The summed E-state index contributed by atoms with van der Waals surface area (Å²) in [7, 11) is 0. The SMILES string of the molecule is C=C/C=C(\C=C)Oc1cccc(CNC(=O)c2ccc(N)nc2)c1. The van der Waals surface area contributed by atoms with E-state index >= 15 is 0 Å². The van der Waals surface area contributed by atoms with E-state index in [2.05, 4.69) is 23.5 Å². The Balaban J connectivity index is 2.00. The van der Waals surface area contributed by atoms with Gasteiger partial charge in [0.1, 0.15) is 17.3 Å². The minimum Gasteiger partial charge on any atom is -0.457 e. The van der Waals surface area contributed by atoms with Crippen molar-refractivity contribution in [3.63, 3.8) is 0 Å². The van der Waals surface area contributed by atoms with Crippen LogP contribution in [0.1, 0.15) is 15.9 Å². The highest BCUT2D eigenvalue weighted by Crippen LogP contribution is 2.17. The zero-order valence-electron chi connectivity index (χ0n) is 13.2. The van der Waals surface area contributed by atoms with Crippen molar-refractivity contribution in [3.05, 3.63) is 90.9 Å². The maximum atomic E-state index is 12.1. The molecule has 0 radical (unpaired) electrons. The first-order chi connectivity index (χ1) is 11.6. The van der Waals surface area contributed by atoms with E-state index in [0.717, 1.165) is 5.56 Å². The zero-order chi connectivity index (χ0) is 17.4. The van der Waals surface area contributed by atoms with Crippen LogP contribution in [-0.2, 0) is 6.54 Å². The van der Waals surface area contributed by atoms with Crippen LogP contribution in [0.3, 0.4) is 0 Å². The number of amides is 1. The molecule has 2 aromatic rings. The molecule has 0 spiro atoms. The number of carbonyl (C=O) groups excluding carboxylic acids is 1. The summed E-state index contributed by atoms with van der Waals surface area (Å²) in [6.45, 7) is 7.68. The van der Waals surface area contributed by atoms with Crippen LogP contribution >= 0.6 is 0 Å². The quantitative estimate of drug-likeness (QED) is 0.606. The fourth-order valence-electron chi connectivity index (χ4n) is 1.94. The summed E-state index contributed by atoms with van der Waals surface area (Å²) in [5, 5.41) is 2.83. The standard InChI is InChI=1S/C19H19N3O2/c1-3-6-16(4-2)24-17-8-5-7-14(11-17)12-22-19(23)15-9-10-18(20)21-13-15/h3-11,13H,1-2,12H2,(H2,20,21)(H,22,23)/b16-6+. The summed E-state index contributed by atoms with van der Waals surface area (Å²) in [5.41, 5.74) is 6.87. The van der Waals surface area contributed by atoms with Gasteiger partial charge in [-0.3, -0.25) is 4.79 Å². The van der Waals surface area contributed by atoms with Crippen LogP contribution < -0.4 is 15.8 Å². The Hall–Kier alpha value is -3.34. The molecule has 0 fully saturated rings. The first-order valence-corrected chi connectivity index (χ1v) is 7.34. The van der Waals surface area contributed by atoms with E-state index in [1.165, 1.54) is 6.20 Å². The zero-order valence-corrected chi connectivity index (χ0v) is 13.2. The van der Waals surface area contributed by atoms with Crippen LogP contribution in [0.15, 0.2) is 79.7 Å². The highest BCUT2D eigenvalue weighted by atomic mass is 16.5. The molecule has 1 heterocycles. The number of ether oxygens (including phenoxy) is 1. The highest BCUT2D eigenvalue weighted by molar-refractivity contribution is 5.93. The van der Waals surface area contributed by atoms with Crippen molar-refractivity contribution < 1.29 is 9.53 Å². The molecule has 0 saturated carbocycles. The molecule has 0 saturated heterocycles. The molecule has 5 nitrogen and oxygen atoms in total. The number of benzene rings is 1. The number of nitrogens with zero attached hydrogens (tertiary/aromatic N) is 1. The number of hydrogen-bond acceptors (Lipinski definition) is 4. The lowest BCUT2D eigenvalue weighted by molar-refractivity contribution is 0.0950. The largest absolute Gasteiger partial charge is 0.457 e. The van der Waals surface area contributed by atoms with Crippen LogP contribution in [-0.4, -0.2) is 10.9 Å². The van der Waals surface area contributed by atoms with E-state index in [1.807, 2.05) is 24.3 Å². The van der Waals surface area contributed by atoms with Crippen molar-refractivity contribution in [2.45, 2.75) is 6.54 Å². The highest BCUT2D eigenvalue weighted by Gasteiger charge is 2.06. The molecule has 1 aromatic carbocycles. The monoisotopic (exact) mass is 321 g/mol. The Morgan fingerprint density at radius 3 is 2.79 bits per heavy atom. The minimum absolute atomic E-state index is 0.216. The van der Waals surface area contributed by atoms with Gasteiger partial charge in [0.2, 0.25) is 0 Å². The van der Waals surface area contributed by atoms with Gasteiger partial charge in [-0.05, 0) is 42.0 Å². The molecular weight excluding hydrogens is 302 g/mol. The number of nitrogens with two attached hydrogens (primary N) is 1. The number of aromatic nitrogens is 1. The number of nitrogen functional groups attached to an aromatic ring is 1. The predicted octanol–water partition coefficient (Wildman–Crippen LogP) is 3.23. The molecule has 1 amide bonds. The van der Waals surface area contributed by atoms with Gasteiger partial charge in [-0.15, -0.1) is 0 Å². The molecule has 0 aliphatic carbocycles. The summed E-state index contributed by atoms with van der Waals surface area (Å²) < 4.78 is 5.68. The first-order valence-electron chi connectivity index (χ1n) is 7.34. The summed E-state index contributed by atoms with van der Waals surface area (Å²) in [6, 6.07) is 10.7. The lowest BCUT2D eigenvalue weighted by Crippen LogP contribution is -2.22. The number of anilines is 1. The van der Waals surface area contributed by atoms with Gasteiger partial charge < -0.3 is 15.8 Å². The average Bonchev–Trinajstić information content (AvgIpc) is 2.60. The van der Waals surface area contributed by atoms with Crippen molar-refractivity contribution in [2.24, 2.45) is 0 Å². The van der Waals surface area contributed by atoms with Crippen molar-refractivity contribution in [1.82, 2.24) is 10.3 Å². The van der Waals surface area contributed by atoms with E-state index in [1.54, 1.807) is 30.4 Å².